The minimum absolute atomic E-state index is 0.0856. The fourth-order valence-corrected chi connectivity index (χ4v) is 2.75. The second kappa shape index (κ2) is 7.57. The third-order valence-electron chi connectivity index (χ3n) is 4.28. The first-order valence-corrected chi connectivity index (χ1v) is 8.76. The van der Waals surface area contributed by atoms with Crippen molar-refractivity contribution in [2.45, 2.75) is 44.9 Å². The van der Waals surface area contributed by atoms with Gasteiger partial charge in [-0.3, -0.25) is 14.6 Å². The van der Waals surface area contributed by atoms with Gasteiger partial charge in [0.05, 0.1) is 17.3 Å². The minimum atomic E-state index is -4.55. The molecule has 1 fully saturated rings. The molecule has 28 heavy (non-hydrogen) atoms. The van der Waals surface area contributed by atoms with Crippen LogP contribution >= 0.6 is 0 Å². The molecule has 1 aliphatic carbocycles. The summed E-state index contributed by atoms with van der Waals surface area (Å²) in [7, 11) is 0. The molecule has 0 aliphatic heterocycles. The zero-order chi connectivity index (χ0) is 20.5. The smallest absolute Gasteiger partial charge is 0.348 e. The number of alkyl halides is 3. The molecule has 0 bridgehead atoms. The Morgan fingerprint density at radius 3 is 2.43 bits per heavy atom. The SMILES string of the molecule is Cc1cc(C(=O)NC(C)c2nccnc2C(=O)NC2CC2)cc(C(F)(F)F)c1. The van der Waals surface area contributed by atoms with E-state index in [0.717, 1.165) is 25.0 Å². The van der Waals surface area contributed by atoms with Crippen LogP contribution in [0.25, 0.3) is 0 Å². The van der Waals surface area contributed by atoms with E-state index in [1.54, 1.807) is 6.92 Å². The molecule has 1 saturated carbocycles. The van der Waals surface area contributed by atoms with E-state index in [0.29, 0.717) is 5.56 Å². The molecule has 1 atom stereocenters. The van der Waals surface area contributed by atoms with E-state index in [9.17, 15) is 22.8 Å². The molecule has 0 saturated heterocycles. The standard InChI is InChI=1S/C19H19F3N4O2/c1-10-7-12(9-13(8-10)19(20,21)22)17(27)25-11(2)15-16(24-6-5-23-15)18(28)26-14-3-4-14/h5-9,11,14H,3-4H2,1-2H3,(H,25,27)(H,26,28). The van der Waals surface area contributed by atoms with E-state index in [1.807, 2.05) is 0 Å². The molecule has 1 aliphatic rings. The summed E-state index contributed by atoms with van der Waals surface area (Å²) in [6, 6.07) is 2.54. The first-order chi connectivity index (χ1) is 13.1. The fourth-order valence-electron chi connectivity index (χ4n) is 2.75. The first kappa shape index (κ1) is 19.8. The Hall–Kier alpha value is -2.97. The van der Waals surface area contributed by atoms with Crippen molar-refractivity contribution in [3.8, 4) is 0 Å². The maximum Gasteiger partial charge on any atom is 0.416 e. The molecular weight excluding hydrogens is 373 g/mol. The van der Waals surface area contributed by atoms with Gasteiger partial charge in [0.1, 0.15) is 0 Å². The normalized spacial score (nSPS) is 15.0. The van der Waals surface area contributed by atoms with Gasteiger partial charge in [-0.2, -0.15) is 13.2 Å². The number of hydrogen-bond acceptors (Lipinski definition) is 4. The van der Waals surface area contributed by atoms with Gasteiger partial charge >= 0.3 is 6.18 Å². The molecule has 1 unspecified atom stereocenters. The Morgan fingerprint density at radius 2 is 1.79 bits per heavy atom. The molecule has 2 aromatic rings. The number of hydrogen-bond donors (Lipinski definition) is 2. The van der Waals surface area contributed by atoms with Crippen LogP contribution in [0.5, 0.6) is 0 Å². The predicted molar refractivity (Wildman–Crippen MR) is 94.6 cm³/mol. The van der Waals surface area contributed by atoms with Crippen LogP contribution in [-0.2, 0) is 6.18 Å². The molecule has 0 radical (unpaired) electrons. The second-order valence-electron chi connectivity index (χ2n) is 6.82. The van der Waals surface area contributed by atoms with E-state index < -0.39 is 23.7 Å². The van der Waals surface area contributed by atoms with Crippen LogP contribution in [-0.4, -0.2) is 27.8 Å². The Morgan fingerprint density at radius 1 is 1.11 bits per heavy atom. The number of benzene rings is 1. The lowest BCUT2D eigenvalue weighted by Crippen LogP contribution is -2.32. The summed E-state index contributed by atoms with van der Waals surface area (Å²) in [6.45, 7) is 3.08. The van der Waals surface area contributed by atoms with Crippen molar-refractivity contribution >= 4 is 11.8 Å². The molecule has 2 N–H and O–H groups in total. The van der Waals surface area contributed by atoms with E-state index in [1.165, 1.54) is 25.4 Å². The number of carbonyl (C=O) groups is 2. The quantitative estimate of drug-likeness (QED) is 0.819. The lowest BCUT2D eigenvalue weighted by Gasteiger charge is -2.17. The Balaban J connectivity index is 1.80. The summed E-state index contributed by atoms with van der Waals surface area (Å²) in [5.41, 5.74) is -0.363. The van der Waals surface area contributed by atoms with Crippen molar-refractivity contribution in [3.05, 3.63) is 58.7 Å². The number of carbonyl (C=O) groups excluding carboxylic acids is 2. The summed E-state index contributed by atoms with van der Waals surface area (Å²) < 4.78 is 39.0. The largest absolute Gasteiger partial charge is 0.416 e. The number of halogens is 3. The van der Waals surface area contributed by atoms with Crippen LogP contribution in [0.15, 0.2) is 30.6 Å². The highest BCUT2D eigenvalue weighted by Gasteiger charge is 2.32. The van der Waals surface area contributed by atoms with Gasteiger partial charge in [0.25, 0.3) is 11.8 Å². The third kappa shape index (κ3) is 4.65. The number of nitrogens with one attached hydrogen (secondary N) is 2. The van der Waals surface area contributed by atoms with Crippen molar-refractivity contribution in [2.24, 2.45) is 0 Å². The highest BCUT2D eigenvalue weighted by Crippen LogP contribution is 2.30. The van der Waals surface area contributed by atoms with Crippen molar-refractivity contribution < 1.29 is 22.8 Å². The molecule has 1 aromatic carbocycles. The fraction of sp³-hybridized carbons (Fsp3) is 0.368. The second-order valence-corrected chi connectivity index (χ2v) is 6.82. The monoisotopic (exact) mass is 392 g/mol. The van der Waals surface area contributed by atoms with E-state index in [-0.39, 0.29) is 28.9 Å². The minimum Gasteiger partial charge on any atom is -0.348 e. The Labute approximate surface area is 159 Å². The zero-order valence-corrected chi connectivity index (χ0v) is 15.3. The number of amides is 2. The molecule has 2 amide bonds. The summed E-state index contributed by atoms with van der Waals surface area (Å²) in [4.78, 5) is 33.0. The van der Waals surface area contributed by atoms with Crippen molar-refractivity contribution in [1.29, 1.82) is 0 Å². The van der Waals surface area contributed by atoms with Crippen LogP contribution < -0.4 is 10.6 Å². The summed E-state index contributed by atoms with van der Waals surface area (Å²) in [6.07, 6.45) is 0.0209. The lowest BCUT2D eigenvalue weighted by molar-refractivity contribution is -0.137. The van der Waals surface area contributed by atoms with Crippen LogP contribution in [0.1, 0.15) is 63.5 Å². The average Bonchev–Trinajstić information content (AvgIpc) is 3.44. The van der Waals surface area contributed by atoms with E-state index in [4.69, 9.17) is 0 Å². The van der Waals surface area contributed by atoms with Gasteiger partial charge in [-0.15, -0.1) is 0 Å². The Kier molecular flexibility index (Phi) is 5.35. The third-order valence-corrected chi connectivity index (χ3v) is 4.28. The summed E-state index contributed by atoms with van der Waals surface area (Å²) >= 11 is 0. The average molecular weight is 392 g/mol. The Bertz CT molecular complexity index is 910. The maximum absolute atomic E-state index is 13.0. The molecule has 3 rings (SSSR count). The zero-order valence-electron chi connectivity index (χ0n) is 15.3. The van der Waals surface area contributed by atoms with Gasteiger partial charge in [-0.25, -0.2) is 4.98 Å². The first-order valence-electron chi connectivity index (χ1n) is 8.76. The van der Waals surface area contributed by atoms with Crippen LogP contribution in [0.3, 0.4) is 0 Å². The highest BCUT2D eigenvalue weighted by molar-refractivity contribution is 5.96. The van der Waals surface area contributed by atoms with Crippen molar-refractivity contribution in [1.82, 2.24) is 20.6 Å². The van der Waals surface area contributed by atoms with Gasteiger partial charge < -0.3 is 10.6 Å². The molecular formula is C19H19F3N4O2. The van der Waals surface area contributed by atoms with Gasteiger partial charge in [0, 0.05) is 24.0 Å². The predicted octanol–water partition coefficient (Wildman–Crippen LogP) is 3.19. The van der Waals surface area contributed by atoms with Crippen molar-refractivity contribution in [3.63, 3.8) is 0 Å². The number of aromatic nitrogens is 2. The number of nitrogens with zero attached hydrogens (tertiary/aromatic N) is 2. The summed E-state index contributed by atoms with van der Waals surface area (Å²) in [5.74, 6) is -1.08. The van der Waals surface area contributed by atoms with Crippen LogP contribution in [0.2, 0.25) is 0 Å². The van der Waals surface area contributed by atoms with E-state index >= 15 is 0 Å². The van der Waals surface area contributed by atoms with Gasteiger partial charge in [0.2, 0.25) is 0 Å². The van der Waals surface area contributed by atoms with E-state index in [2.05, 4.69) is 20.6 Å². The van der Waals surface area contributed by atoms with Gasteiger partial charge in [0.15, 0.2) is 5.69 Å². The molecule has 1 aromatic heterocycles. The molecule has 9 heteroatoms. The highest BCUT2D eigenvalue weighted by atomic mass is 19.4. The van der Waals surface area contributed by atoms with Crippen LogP contribution in [0, 0.1) is 6.92 Å². The van der Waals surface area contributed by atoms with Gasteiger partial charge in [-0.05, 0) is 50.5 Å². The molecule has 6 nitrogen and oxygen atoms in total. The van der Waals surface area contributed by atoms with Crippen LogP contribution in [0.4, 0.5) is 13.2 Å². The number of aryl methyl sites for hydroxylation is 1. The molecule has 1 heterocycles. The lowest BCUT2D eigenvalue weighted by atomic mass is 10.0. The molecule has 148 valence electrons. The molecule has 0 spiro atoms. The van der Waals surface area contributed by atoms with Crippen molar-refractivity contribution in [2.75, 3.05) is 0 Å². The topological polar surface area (TPSA) is 84.0 Å². The number of rotatable bonds is 5. The van der Waals surface area contributed by atoms with Gasteiger partial charge in [-0.1, -0.05) is 0 Å². The maximum atomic E-state index is 13.0. The summed E-state index contributed by atoms with van der Waals surface area (Å²) in [5, 5.41) is 5.40.